The minimum absolute atomic E-state index is 0.158. The zero-order valence-electron chi connectivity index (χ0n) is 9.97. The van der Waals surface area contributed by atoms with Gasteiger partial charge >= 0.3 is 0 Å². The molecule has 19 heavy (non-hydrogen) atoms. The number of hydrogen-bond donors (Lipinski definition) is 0. The summed E-state index contributed by atoms with van der Waals surface area (Å²) in [7, 11) is 0. The van der Waals surface area contributed by atoms with Gasteiger partial charge in [0.1, 0.15) is 17.4 Å². The van der Waals surface area contributed by atoms with Crippen LogP contribution in [0.2, 0.25) is 5.02 Å². The predicted molar refractivity (Wildman–Crippen MR) is 66.8 cm³/mol. The average molecular weight is 276 g/mol. The largest absolute Gasteiger partial charge is 0.484 e. The van der Waals surface area contributed by atoms with Gasteiger partial charge in [0.15, 0.2) is 6.61 Å². The summed E-state index contributed by atoms with van der Waals surface area (Å²) in [6.45, 7) is 0.158. The third-order valence-corrected chi connectivity index (χ3v) is 3.17. The van der Waals surface area contributed by atoms with Gasteiger partial charge < -0.3 is 9.26 Å². The fourth-order valence-electron chi connectivity index (χ4n) is 1.70. The summed E-state index contributed by atoms with van der Waals surface area (Å²) in [6, 6.07) is 7.07. The molecule has 0 bridgehead atoms. The number of nitrogens with zero attached hydrogens (tertiary/aromatic N) is 3. The van der Waals surface area contributed by atoms with Crippen molar-refractivity contribution in [3.05, 3.63) is 40.5 Å². The SMILES string of the molecule is N#Cc1c(Cl)cccc1OCc1noc(C2CC2)n1. The minimum atomic E-state index is 0.158. The summed E-state index contributed by atoms with van der Waals surface area (Å²) >= 11 is 5.91. The van der Waals surface area contributed by atoms with Crippen LogP contribution in [-0.2, 0) is 6.61 Å². The van der Waals surface area contributed by atoms with Crippen molar-refractivity contribution in [2.75, 3.05) is 0 Å². The van der Waals surface area contributed by atoms with E-state index in [9.17, 15) is 0 Å². The standard InChI is InChI=1S/C13H10ClN3O2/c14-10-2-1-3-11(9(10)6-15)18-7-12-16-13(19-17-12)8-4-5-8/h1-3,8H,4-5,7H2. The Balaban J connectivity index is 1.71. The first-order chi connectivity index (χ1) is 9.28. The van der Waals surface area contributed by atoms with E-state index in [0.29, 0.717) is 34.0 Å². The van der Waals surface area contributed by atoms with E-state index in [1.165, 1.54) is 0 Å². The first-order valence-corrected chi connectivity index (χ1v) is 6.29. The van der Waals surface area contributed by atoms with Gasteiger partial charge in [0.25, 0.3) is 0 Å². The van der Waals surface area contributed by atoms with Crippen molar-refractivity contribution < 1.29 is 9.26 Å². The molecule has 1 aliphatic carbocycles. The number of rotatable bonds is 4. The van der Waals surface area contributed by atoms with Gasteiger partial charge in [0.2, 0.25) is 11.7 Å². The third kappa shape index (κ3) is 2.54. The molecule has 3 rings (SSSR count). The molecule has 0 amide bonds. The van der Waals surface area contributed by atoms with Crippen molar-refractivity contribution >= 4 is 11.6 Å². The number of benzene rings is 1. The van der Waals surface area contributed by atoms with Crippen LogP contribution in [0.4, 0.5) is 0 Å². The molecule has 96 valence electrons. The molecule has 0 radical (unpaired) electrons. The monoisotopic (exact) mass is 275 g/mol. The molecule has 1 heterocycles. The van der Waals surface area contributed by atoms with Crippen molar-refractivity contribution in [3.63, 3.8) is 0 Å². The van der Waals surface area contributed by atoms with Crippen LogP contribution in [0, 0.1) is 11.3 Å². The van der Waals surface area contributed by atoms with Crippen molar-refractivity contribution in [1.82, 2.24) is 10.1 Å². The smallest absolute Gasteiger partial charge is 0.229 e. The summed E-state index contributed by atoms with van der Waals surface area (Å²) in [6.07, 6.45) is 2.21. The lowest BCUT2D eigenvalue weighted by Gasteiger charge is -2.05. The van der Waals surface area contributed by atoms with Crippen LogP contribution >= 0.6 is 11.6 Å². The summed E-state index contributed by atoms with van der Waals surface area (Å²) < 4.78 is 10.6. The molecule has 6 heteroatoms. The van der Waals surface area contributed by atoms with E-state index in [-0.39, 0.29) is 6.61 Å². The molecule has 5 nitrogen and oxygen atoms in total. The number of hydrogen-bond acceptors (Lipinski definition) is 5. The third-order valence-electron chi connectivity index (χ3n) is 2.85. The van der Waals surface area contributed by atoms with E-state index in [1.807, 2.05) is 6.07 Å². The maximum absolute atomic E-state index is 9.02. The molecule has 2 aromatic rings. The van der Waals surface area contributed by atoms with Crippen molar-refractivity contribution in [1.29, 1.82) is 5.26 Å². The summed E-state index contributed by atoms with van der Waals surface area (Å²) in [5.74, 6) is 1.99. The van der Waals surface area contributed by atoms with Crippen LogP contribution in [0.5, 0.6) is 5.75 Å². The Kier molecular flexibility index (Phi) is 3.10. The van der Waals surface area contributed by atoms with Gasteiger partial charge in [-0.2, -0.15) is 10.2 Å². The van der Waals surface area contributed by atoms with E-state index in [0.717, 1.165) is 12.8 Å². The van der Waals surface area contributed by atoms with E-state index >= 15 is 0 Å². The predicted octanol–water partition coefficient (Wildman–Crippen LogP) is 3.05. The molecular formula is C13H10ClN3O2. The highest BCUT2D eigenvalue weighted by Gasteiger charge is 2.29. The highest BCUT2D eigenvalue weighted by Crippen LogP contribution is 2.38. The van der Waals surface area contributed by atoms with E-state index in [1.54, 1.807) is 18.2 Å². The lowest BCUT2D eigenvalue weighted by Crippen LogP contribution is -1.99. The van der Waals surface area contributed by atoms with Crippen LogP contribution in [0.15, 0.2) is 22.7 Å². The Morgan fingerprint density at radius 1 is 1.47 bits per heavy atom. The lowest BCUT2D eigenvalue weighted by atomic mass is 10.2. The zero-order chi connectivity index (χ0) is 13.2. The minimum Gasteiger partial charge on any atom is -0.484 e. The van der Waals surface area contributed by atoms with Crippen molar-refractivity contribution in [3.8, 4) is 11.8 Å². The van der Waals surface area contributed by atoms with Gasteiger partial charge in [0.05, 0.1) is 5.02 Å². The molecule has 1 aromatic carbocycles. The Hall–Kier alpha value is -2.06. The Labute approximate surface area is 114 Å². The molecule has 1 fully saturated rings. The molecule has 1 aliphatic rings. The second kappa shape index (κ2) is 4.90. The van der Waals surface area contributed by atoms with Crippen LogP contribution in [0.3, 0.4) is 0 Å². The average Bonchev–Trinajstić information content (AvgIpc) is 3.16. The summed E-state index contributed by atoms with van der Waals surface area (Å²) in [5, 5.41) is 13.2. The molecule has 0 N–H and O–H groups in total. The van der Waals surface area contributed by atoms with Crippen LogP contribution in [0.25, 0.3) is 0 Å². The molecule has 1 aromatic heterocycles. The number of halogens is 1. The van der Waals surface area contributed by atoms with Gasteiger partial charge in [-0.15, -0.1) is 0 Å². The summed E-state index contributed by atoms with van der Waals surface area (Å²) in [5.41, 5.74) is 0.315. The Bertz CT molecular complexity index is 644. The second-order valence-electron chi connectivity index (χ2n) is 4.34. The lowest BCUT2D eigenvalue weighted by molar-refractivity contribution is 0.284. The van der Waals surface area contributed by atoms with E-state index in [4.69, 9.17) is 26.1 Å². The Morgan fingerprint density at radius 2 is 2.32 bits per heavy atom. The molecule has 0 aliphatic heterocycles. The fraction of sp³-hybridized carbons (Fsp3) is 0.308. The van der Waals surface area contributed by atoms with Crippen LogP contribution in [0.1, 0.15) is 36.0 Å². The molecule has 0 saturated heterocycles. The van der Waals surface area contributed by atoms with Crippen molar-refractivity contribution in [2.45, 2.75) is 25.4 Å². The number of nitriles is 1. The van der Waals surface area contributed by atoms with Gasteiger partial charge in [-0.3, -0.25) is 0 Å². The first kappa shape index (κ1) is 12.0. The topological polar surface area (TPSA) is 71.9 Å². The van der Waals surface area contributed by atoms with E-state index in [2.05, 4.69) is 10.1 Å². The maximum atomic E-state index is 9.02. The van der Waals surface area contributed by atoms with Gasteiger partial charge in [-0.25, -0.2) is 0 Å². The van der Waals surface area contributed by atoms with Crippen LogP contribution < -0.4 is 4.74 Å². The summed E-state index contributed by atoms with van der Waals surface area (Å²) in [4.78, 5) is 4.25. The van der Waals surface area contributed by atoms with Gasteiger partial charge in [-0.1, -0.05) is 22.8 Å². The fourth-order valence-corrected chi connectivity index (χ4v) is 1.91. The van der Waals surface area contributed by atoms with Gasteiger partial charge in [-0.05, 0) is 25.0 Å². The quantitative estimate of drug-likeness (QED) is 0.857. The van der Waals surface area contributed by atoms with Crippen LogP contribution in [-0.4, -0.2) is 10.1 Å². The Morgan fingerprint density at radius 3 is 3.05 bits per heavy atom. The number of aromatic nitrogens is 2. The van der Waals surface area contributed by atoms with E-state index < -0.39 is 0 Å². The molecular weight excluding hydrogens is 266 g/mol. The first-order valence-electron chi connectivity index (χ1n) is 5.92. The highest BCUT2D eigenvalue weighted by molar-refractivity contribution is 6.31. The normalized spacial score (nSPS) is 14.1. The molecule has 0 atom stereocenters. The second-order valence-corrected chi connectivity index (χ2v) is 4.74. The highest BCUT2D eigenvalue weighted by atomic mass is 35.5. The molecule has 0 unspecified atom stereocenters. The molecule has 0 spiro atoms. The van der Waals surface area contributed by atoms with Gasteiger partial charge in [0, 0.05) is 5.92 Å². The van der Waals surface area contributed by atoms with Crippen molar-refractivity contribution in [2.24, 2.45) is 0 Å². The zero-order valence-corrected chi connectivity index (χ0v) is 10.7. The number of ether oxygens (including phenoxy) is 1. The molecule has 1 saturated carbocycles. The maximum Gasteiger partial charge on any atom is 0.229 e.